The molecule has 0 spiro atoms. The van der Waals surface area contributed by atoms with E-state index in [1.165, 1.54) is 12.3 Å². The normalized spacial score (nSPS) is 9.87. The van der Waals surface area contributed by atoms with Gasteiger partial charge in [-0.3, -0.25) is 4.79 Å². The van der Waals surface area contributed by atoms with Crippen molar-refractivity contribution >= 4 is 17.4 Å². The van der Waals surface area contributed by atoms with Crippen LogP contribution in [0.1, 0.15) is 10.4 Å². The molecule has 1 N–H and O–H groups in total. The minimum atomic E-state index is -0.128. The van der Waals surface area contributed by atoms with Crippen molar-refractivity contribution < 1.29 is 4.79 Å². The summed E-state index contributed by atoms with van der Waals surface area (Å²) in [7, 11) is 0. The van der Waals surface area contributed by atoms with Crippen molar-refractivity contribution in [2.45, 2.75) is 0 Å². The van der Waals surface area contributed by atoms with Crippen LogP contribution in [-0.2, 0) is 0 Å². The number of rotatable bonds is 4. The smallest absolute Gasteiger partial charge is 0.187 e. The van der Waals surface area contributed by atoms with Crippen molar-refractivity contribution in [3.05, 3.63) is 47.1 Å². The quantitative estimate of drug-likeness (QED) is 0.366. The van der Waals surface area contributed by atoms with Gasteiger partial charge in [0.25, 0.3) is 0 Å². The highest BCUT2D eigenvalue weighted by molar-refractivity contribution is 6.30. The Kier molecular flexibility index (Phi) is 4.39. The van der Waals surface area contributed by atoms with Gasteiger partial charge in [-0.05, 0) is 24.3 Å². The Labute approximate surface area is 93.0 Å². The van der Waals surface area contributed by atoms with Gasteiger partial charge in [0, 0.05) is 22.9 Å². The predicted octanol–water partition coefficient (Wildman–Crippen LogP) is 2.15. The molecule has 0 amide bonds. The Hall–Kier alpha value is -1.79. The second-order valence-corrected chi connectivity index (χ2v) is 3.18. The van der Waals surface area contributed by atoms with Gasteiger partial charge in [-0.2, -0.15) is 5.26 Å². The van der Waals surface area contributed by atoms with Crippen LogP contribution in [0.2, 0.25) is 5.02 Å². The van der Waals surface area contributed by atoms with Crippen LogP contribution in [0.15, 0.2) is 36.5 Å². The summed E-state index contributed by atoms with van der Waals surface area (Å²) < 4.78 is 0. The first kappa shape index (κ1) is 11.3. The molecule has 1 aromatic carbocycles. The standard InChI is InChI=1S/C11H9ClN2O/c12-10-3-1-9(2-4-10)11(15)5-7-14-8-6-13/h1-5,7,14H,8H2/b7-5-. The highest BCUT2D eigenvalue weighted by Crippen LogP contribution is 2.10. The minimum Gasteiger partial charge on any atom is -0.378 e. The molecule has 0 heterocycles. The number of allylic oxidation sites excluding steroid dienone is 1. The summed E-state index contributed by atoms with van der Waals surface area (Å²) in [4.78, 5) is 11.5. The van der Waals surface area contributed by atoms with Gasteiger partial charge in [-0.15, -0.1) is 0 Å². The van der Waals surface area contributed by atoms with Crippen LogP contribution in [0.5, 0.6) is 0 Å². The molecule has 1 rings (SSSR count). The molecular formula is C11H9ClN2O. The van der Waals surface area contributed by atoms with Crippen molar-refractivity contribution in [1.29, 1.82) is 5.26 Å². The maximum Gasteiger partial charge on any atom is 0.187 e. The van der Waals surface area contributed by atoms with Gasteiger partial charge >= 0.3 is 0 Å². The molecule has 4 heteroatoms. The fraction of sp³-hybridized carbons (Fsp3) is 0.0909. The SMILES string of the molecule is N#CCN/C=C\C(=O)c1ccc(Cl)cc1. The van der Waals surface area contributed by atoms with Gasteiger partial charge in [0.1, 0.15) is 6.54 Å². The Morgan fingerprint density at radius 3 is 2.73 bits per heavy atom. The van der Waals surface area contributed by atoms with Crippen molar-refractivity contribution in [3.63, 3.8) is 0 Å². The zero-order valence-corrected chi connectivity index (χ0v) is 8.66. The maximum atomic E-state index is 11.5. The number of hydrogen-bond donors (Lipinski definition) is 1. The molecule has 0 bridgehead atoms. The van der Waals surface area contributed by atoms with Crippen LogP contribution in [0.3, 0.4) is 0 Å². The number of benzene rings is 1. The lowest BCUT2D eigenvalue weighted by Gasteiger charge is -1.95. The summed E-state index contributed by atoms with van der Waals surface area (Å²) in [6, 6.07) is 8.52. The number of nitrogens with zero attached hydrogens (tertiary/aromatic N) is 1. The molecule has 0 aromatic heterocycles. The van der Waals surface area contributed by atoms with E-state index in [4.69, 9.17) is 16.9 Å². The summed E-state index contributed by atoms with van der Waals surface area (Å²) in [5.74, 6) is -0.128. The molecule has 76 valence electrons. The lowest BCUT2D eigenvalue weighted by molar-refractivity contribution is 0.104. The van der Waals surface area contributed by atoms with E-state index in [0.717, 1.165) is 0 Å². The zero-order valence-electron chi connectivity index (χ0n) is 7.90. The first-order chi connectivity index (χ1) is 7.24. The second-order valence-electron chi connectivity index (χ2n) is 2.74. The predicted molar refractivity (Wildman–Crippen MR) is 58.5 cm³/mol. The Morgan fingerprint density at radius 2 is 2.13 bits per heavy atom. The van der Waals surface area contributed by atoms with Crippen molar-refractivity contribution in [1.82, 2.24) is 5.32 Å². The number of halogens is 1. The van der Waals surface area contributed by atoms with Crippen LogP contribution in [0.4, 0.5) is 0 Å². The minimum absolute atomic E-state index is 0.128. The highest BCUT2D eigenvalue weighted by atomic mass is 35.5. The van der Waals surface area contributed by atoms with E-state index in [0.29, 0.717) is 10.6 Å². The molecule has 15 heavy (non-hydrogen) atoms. The van der Waals surface area contributed by atoms with Gasteiger partial charge in [0.2, 0.25) is 0 Å². The summed E-state index contributed by atoms with van der Waals surface area (Å²) in [6.07, 6.45) is 2.83. The molecule has 0 atom stereocenters. The molecule has 0 saturated carbocycles. The van der Waals surface area contributed by atoms with Gasteiger partial charge in [0.15, 0.2) is 5.78 Å². The number of nitriles is 1. The fourth-order valence-corrected chi connectivity index (χ4v) is 1.08. The average Bonchev–Trinajstić information content (AvgIpc) is 2.25. The lowest BCUT2D eigenvalue weighted by atomic mass is 10.1. The molecule has 0 aliphatic heterocycles. The van der Waals surface area contributed by atoms with Crippen LogP contribution >= 0.6 is 11.6 Å². The summed E-state index contributed by atoms with van der Waals surface area (Å²) in [5.41, 5.74) is 0.564. The summed E-state index contributed by atoms with van der Waals surface area (Å²) in [5, 5.41) is 11.5. The van der Waals surface area contributed by atoms with Crippen LogP contribution < -0.4 is 5.32 Å². The summed E-state index contributed by atoms with van der Waals surface area (Å²) >= 11 is 5.68. The molecule has 0 unspecified atom stereocenters. The Bertz CT molecular complexity index is 404. The highest BCUT2D eigenvalue weighted by Gasteiger charge is 1.99. The first-order valence-electron chi connectivity index (χ1n) is 4.31. The van der Waals surface area contributed by atoms with Gasteiger partial charge in [-0.25, -0.2) is 0 Å². The molecule has 3 nitrogen and oxygen atoms in total. The topological polar surface area (TPSA) is 52.9 Å². The van der Waals surface area contributed by atoms with Gasteiger partial charge in [0.05, 0.1) is 6.07 Å². The Balaban J connectivity index is 2.58. The average molecular weight is 221 g/mol. The van der Waals surface area contributed by atoms with E-state index in [1.807, 2.05) is 6.07 Å². The third-order valence-corrected chi connectivity index (χ3v) is 1.91. The first-order valence-corrected chi connectivity index (χ1v) is 4.68. The number of ketones is 1. The van der Waals surface area contributed by atoms with Crippen LogP contribution in [0.25, 0.3) is 0 Å². The largest absolute Gasteiger partial charge is 0.378 e. The van der Waals surface area contributed by atoms with E-state index >= 15 is 0 Å². The van der Waals surface area contributed by atoms with E-state index in [9.17, 15) is 4.79 Å². The third kappa shape index (κ3) is 3.84. The van der Waals surface area contributed by atoms with Crippen molar-refractivity contribution in [2.24, 2.45) is 0 Å². The lowest BCUT2D eigenvalue weighted by Crippen LogP contribution is -2.05. The zero-order chi connectivity index (χ0) is 11.1. The van der Waals surface area contributed by atoms with Crippen LogP contribution in [-0.4, -0.2) is 12.3 Å². The molecule has 0 fully saturated rings. The molecule has 0 aliphatic rings. The van der Waals surface area contributed by atoms with Crippen LogP contribution in [0, 0.1) is 11.3 Å². The monoisotopic (exact) mass is 220 g/mol. The van der Waals surface area contributed by atoms with Crippen molar-refractivity contribution in [2.75, 3.05) is 6.54 Å². The van der Waals surface area contributed by atoms with E-state index in [2.05, 4.69) is 5.32 Å². The fourth-order valence-electron chi connectivity index (χ4n) is 0.950. The number of hydrogen-bond acceptors (Lipinski definition) is 3. The van der Waals surface area contributed by atoms with Crippen molar-refractivity contribution in [3.8, 4) is 6.07 Å². The van der Waals surface area contributed by atoms with Gasteiger partial charge < -0.3 is 5.32 Å². The Morgan fingerprint density at radius 1 is 1.47 bits per heavy atom. The number of nitrogens with one attached hydrogen (secondary N) is 1. The second kappa shape index (κ2) is 5.84. The molecule has 0 radical (unpaired) electrons. The number of carbonyl (C=O) groups excluding carboxylic acids is 1. The molecule has 1 aromatic rings. The van der Waals surface area contributed by atoms with E-state index in [1.54, 1.807) is 24.3 Å². The van der Waals surface area contributed by atoms with E-state index in [-0.39, 0.29) is 12.3 Å². The van der Waals surface area contributed by atoms with Gasteiger partial charge in [-0.1, -0.05) is 11.6 Å². The molecule has 0 saturated heterocycles. The molecule has 0 aliphatic carbocycles. The molecular weight excluding hydrogens is 212 g/mol. The third-order valence-electron chi connectivity index (χ3n) is 1.66. The summed E-state index contributed by atoms with van der Waals surface area (Å²) in [6.45, 7) is 0.185. The van der Waals surface area contributed by atoms with E-state index < -0.39 is 0 Å². The maximum absolute atomic E-state index is 11.5. The number of carbonyl (C=O) groups is 1.